The molecule has 2 aromatic rings. The molecule has 0 aliphatic carbocycles. The largest absolute Gasteiger partial charge is 0.324 e. The van der Waals surface area contributed by atoms with Gasteiger partial charge in [0.15, 0.2) is 0 Å². The number of unbranched alkanes of at least 4 members (excludes halogenated alkanes) is 5. The maximum atomic E-state index is 6.33. The van der Waals surface area contributed by atoms with Gasteiger partial charge in [-0.05, 0) is 18.1 Å². The molecule has 0 fully saturated rings. The molecule has 1 unspecified atom stereocenters. The summed E-state index contributed by atoms with van der Waals surface area (Å²) in [7, 11) is 0. The Labute approximate surface area is 121 Å². The number of para-hydroxylation sites is 1. The number of hydrogen-bond donors (Lipinski definition) is 1. The molecule has 1 aromatic heterocycles. The Morgan fingerprint density at radius 1 is 1.00 bits per heavy atom. The molecule has 1 heterocycles. The summed E-state index contributed by atoms with van der Waals surface area (Å²) in [5.74, 6) is 0. The van der Waals surface area contributed by atoms with E-state index in [1.807, 2.05) is 12.1 Å². The highest BCUT2D eigenvalue weighted by atomic mass is 14.8. The zero-order valence-corrected chi connectivity index (χ0v) is 12.4. The predicted molar refractivity (Wildman–Crippen MR) is 84.5 cm³/mol. The fraction of sp³-hybridized carbons (Fsp3) is 0.529. The number of fused-ring (bicyclic) bond motifs is 1. The van der Waals surface area contributed by atoms with Crippen LogP contribution in [0.15, 0.2) is 30.6 Å². The lowest BCUT2D eigenvalue weighted by Gasteiger charge is -2.13. The van der Waals surface area contributed by atoms with E-state index < -0.39 is 0 Å². The first-order chi connectivity index (χ1) is 9.83. The van der Waals surface area contributed by atoms with Crippen LogP contribution >= 0.6 is 0 Å². The van der Waals surface area contributed by atoms with Crippen LogP contribution in [0.25, 0.3) is 11.0 Å². The fourth-order valence-corrected chi connectivity index (χ4v) is 2.61. The van der Waals surface area contributed by atoms with E-state index in [1.165, 1.54) is 38.5 Å². The van der Waals surface area contributed by atoms with Crippen LogP contribution in [0.4, 0.5) is 0 Å². The summed E-state index contributed by atoms with van der Waals surface area (Å²) in [5.41, 5.74) is 9.35. The average molecular weight is 271 g/mol. The summed E-state index contributed by atoms with van der Waals surface area (Å²) in [6, 6.07) is 6.16. The van der Waals surface area contributed by atoms with E-state index in [4.69, 9.17) is 5.73 Å². The molecule has 0 amide bonds. The first-order valence-corrected chi connectivity index (χ1v) is 7.78. The maximum absolute atomic E-state index is 6.33. The molecule has 0 bridgehead atoms. The van der Waals surface area contributed by atoms with Crippen LogP contribution in [0, 0.1) is 0 Å². The minimum absolute atomic E-state index is 0.0709. The molecular weight excluding hydrogens is 246 g/mol. The van der Waals surface area contributed by atoms with Crippen molar-refractivity contribution in [3.63, 3.8) is 0 Å². The second-order valence-corrected chi connectivity index (χ2v) is 5.43. The third-order valence-corrected chi connectivity index (χ3v) is 3.80. The van der Waals surface area contributed by atoms with Crippen LogP contribution in [0.2, 0.25) is 0 Å². The molecule has 1 aromatic carbocycles. The highest BCUT2D eigenvalue weighted by Gasteiger charge is 2.10. The summed E-state index contributed by atoms with van der Waals surface area (Å²) < 4.78 is 0. The monoisotopic (exact) mass is 271 g/mol. The fourth-order valence-electron chi connectivity index (χ4n) is 2.61. The first-order valence-electron chi connectivity index (χ1n) is 7.78. The normalized spacial score (nSPS) is 12.7. The summed E-state index contributed by atoms with van der Waals surface area (Å²) in [6.45, 7) is 2.25. The lowest BCUT2D eigenvalue weighted by molar-refractivity contribution is 0.548. The van der Waals surface area contributed by atoms with Gasteiger partial charge in [-0.25, -0.2) is 0 Å². The maximum Gasteiger partial charge on any atom is 0.0934 e. The smallest absolute Gasteiger partial charge is 0.0934 e. The predicted octanol–water partition coefficient (Wildman–Crippen LogP) is 4.38. The topological polar surface area (TPSA) is 51.8 Å². The molecule has 0 saturated heterocycles. The number of rotatable bonds is 8. The van der Waals surface area contributed by atoms with E-state index in [0.717, 1.165) is 23.0 Å². The van der Waals surface area contributed by atoms with Gasteiger partial charge in [0.05, 0.1) is 11.0 Å². The Hall–Kier alpha value is -1.48. The summed E-state index contributed by atoms with van der Waals surface area (Å²) in [5, 5.41) is 0. The Morgan fingerprint density at radius 3 is 2.60 bits per heavy atom. The van der Waals surface area contributed by atoms with Crippen LogP contribution in [-0.2, 0) is 0 Å². The quantitative estimate of drug-likeness (QED) is 0.725. The molecule has 1 atom stereocenters. The third-order valence-electron chi connectivity index (χ3n) is 3.80. The van der Waals surface area contributed by atoms with Crippen molar-refractivity contribution >= 4 is 11.0 Å². The van der Waals surface area contributed by atoms with Crippen LogP contribution in [0.3, 0.4) is 0 Å². The van der Waals surface area contributed by atoms with Crippen LogP contribution in [0.1, 0.15) is 63.5 Å². The second kappa shape index (κ2) is 7.95. The number of benzene rings is 1. The van der Waals surface area contributed by atoms with Crippen LogP contribution in [-0.4, -0.2) is 9.97 Å². The van der Waals surface area contributed by atoms with Crippen LogP contribution in [0.5, 0.6) is 0 Å². The highest BCUT2D eigenvalue weighted by molar-refractivity contribution is 5.77. The van der Waals surface area contributed by atoms with E-state index in [0.29, 0.717) is 0 Å². The first kappa shape index (κ1) is 14.9. The van der Waals surface area contributed by atoms with E-state index >= 15 is 0 Å². The minimum Gasteiger partial charge on any atom is -0.324 e. The van der Waals surface area contributed by atoms with Gasteiger partial charge >= 0.3 is 0 Å². The molecule has 0 radical (unpaired) electrons. The van der Waals surface area contributed by atoms with E-state index in [1.54, 1.807) is 12.4 Å². The van der Waals surface area contributed by atoms with Gasteiger partial charge in [-0.3, -0.25) is 9.97 Å². The Bertz CT molecular complexity index is 519. The van der Waals surface area contributed by atoms with Gasteiger partial charge in [-0.15, -0.1) is 0 Å². The van der Waals surface area contributed by atoms with Gasteiger partial charge in [-0.2, -0.15) is 0 Å². The van der Waals surface area contributed by atoms with Crippen molar-refractivity contribution in [3.05, 3.63) is 36.2 Å². The zero-order valence-electron chi connectivity index (χ0n) is 12.4. The molecule has 3 heteroatoms. The minimum atomic E-state index is 0.0709. The molecule has 20 heavy (non-hydrogen) atoms. The number of nitrogens with zero attached hydrogens (tertiary/aromatic N) is 2. The molecule has 2 rings (SSSR count). The van der Waals surface area contributed by atoms with E-state index in [9.17, 15) is 0 Å². The van der Waals surface area contributed by atoms with Crippen molar-refractivity contribution in [2.24, 2.45) is 5.73 Å². The number of nitrogens with two attached hydrogens (primary N) is 1. The van der Waals surface area contributed by atoms with Crippen molar-refractivity contribution < 1.29 is 0 Å². The van der Waals surface area contributed by atoms with Gasteiger partial charge in [0, 0.05) is 18.4 Å². The Kier molecular flexibility index (Phi) is 5.93. The van der Waals surface area contributed by atoms with Crippen molar-refractivity contribution in [2.45, 2.75) is 57.9 Å². The van der Waals surface area contributed by atoms with E-state index in [-0.39, 0.29) is 6.04 Å². The molecule has 2 N–H and O–H groups in total. The SMILES string of the molecule is CCCCCCCCC(N)c1cccc2nccnc12. The van der Waals surface area contributed by atoms with Crippen LogP contribution < -0.4 is 5.73 Å². The molecule has 0 aliphatic rings. The summed E-state index contributed by atoms with van der Waals surface area (Å²) in [6.07, 6.45) is 12.3. The van der Waals surface area contributed by atoms with Gasteiger partial charge in [0.2, 0.25) is 0 Å². The van der Waals surface area contributed by atoms with Gasteiger partial charge < -0.3 is 5.73 Å². The Morgan fingerprint density at radius 2 is 1.75 bits per heavy atom. The van der Waals surface area contributed by atoms with Gasteiger partial charge in [-0.1, -0.05) is 57.6 Å². The van der Waals surface area contributed by atoms with Crippen molar-refractivity contribution in [1.29, 1.82) is 0 Å². The number of hydrogen-bond acceptors (Lipinski definition) is 3. The lowest BCUT2D eigenvalue weighted by Crippen LogP contribution is -2.11. The average Bonchev–Trinajstić information content (AvgIpc) is 2.50. The van der Waals surface area contributed by atoms with E-state index in [2.05, 4.69) is 23.0 Å². The Balaban J connectivity index is 1.89. The van der Waals surface area contributed by atoms with Crippen molar-refractivity contribution in [2.75, 3.05) is 0 Å². The van der Waals surface area contributed by atoms with Gasteiger partial charge in [0.25, 0.3) is 0 Å². The lowest BCUT2D eigenvalue weighted by atomic mass is 9.99. The summed E-state index contributed by atoms with van der Waals surface area (Å²) in [4.78, 5) is 8.76. The van der Waals surface area contributed by atoms with Crippen molar-refractivity contribution in [3.8, 4) is 0 Å². The zero-order chi connectivity index (χ0) is 14.2. The highest BCUT2D eigenvalue weighted by Crippen LogP contribution is 2.23. The molecule has 3 nitrogen and oxygen atoms in total. The van der Waals surface area contributed by atoms with Crippen molar-refractivity contribution in [1.82, 2.24) is 9.97 Å². The van der Waals surface area contributed by atoms with Gasteiger partial charge in [0.1, 0.15) is 0 Å². The molecular formula is C17H25N3. The molecule has 0 aliphatic heterocycles. The molecule has 0 spiro atoms. The second-order valence-electron chi connectivity index (χ2n) is 5.43. The summed E-state index contributed by atoms with van der Waals surface area (Å²) >= 11 is 0. The molecule has 108 valence electrons. The molecule has 0 saturated carbocycles. The number of aromatic nitrogens is 2. The third kappa shape index (κ3) is 4.01. The standard InChI is InChI=1S/C17H25N3/c1-2-3-4-5-6-7-10-15(18)14-9-8-11-16-17(14)20-13-12-19-16/h8-9,11-13,15H,2-7,10,18H2,1H3.